The molecule has 1 atom stereocenters. The Bertz CT molecular complexity index is 441. The third kappa shape index (κ3) is 11.8. The van der Waals surface area contributed by atoms with E-state index in [-0.39, 0.29) is 63.8 Å². The van der Waals surface area contributed by atoms with Crippen LogP contribution in [-0.2, 0) is 43.6 Å². The topological polar surface area (TPSA) is 150 Å². The maximum Gasteiger partial charge on any atom is 0 e. The molecule has 9 nitrogen and oxygen atoms in total. The number of hydrogen-bond donors (Lipinski definition) is 4. The van der Waals surface area contributed by atoms with Gasteiger partial charge in [0.1, 0.15) is 6.10 Å². The molecular weight excluding hydrogens is 388 g/mol. The fourth-order valence-electron chi connectivity index (χ4n) is 0.985. The fourth-order valence-corrected chi connectivity index (χ4v) is 1.30. The Labute approximate surface area is 165 Å². The van der Waals surface area contributed by atoms with Gasteiger partial charge in [-0.1, -0.05) is 13.8 Å². The molecule has 0 aromatic heterocycles. The van der Waals surface area contributed by atoms with Gasteiger partial charge in [0.15, 0.2) is 0 Å². The second kappa shape index (κ2) is 11.2. The molecule has 0 aliphatic heterocycles. The average molecular weight is 407 g/mol. The number of nitrogens with one attached hydrogen (secondary N) is 1. The van der Waals surface area contributed by atoms with E-state index in [0.717, 1.165) is 0 Å². The van der Waals surface area contributed by atoms with Gasteiger partial charge in [0.05, 0.1) is 13.0 Å². The van der Waals surface area contributed by atoms with Crippen molar-refractivity contribution in [2.45, 2.75) is 26.4 Å². The number of carbonyl (C=O) groups is 2. The van der Waals surface area contributed by atoms with E-state index in [2.05, 4.69) is 9.50 Å². The summed E-state index contributed by atoms with van der Waals surface area (Å²) in [6.45, 7) is 2.21. The summed E-state index contributed by atoms with van der Waals surface area (Å²) in [6, 6.07) is 0. The second-order valence-corrected chi connectivity index (χ2v) is 5.50. The smallest absolute Gasteiger partial charge is 0 e. The summed E-state index contributed by atoms with van der Waals surface area (Å²) in [7, 11) is -4.86. The molecule has 0 fully saturated rings. The van der Waals surface area contributed by atoms with Gasteiger partial charge in [-0.05, 0) is 0 Å². The summed E-state index contributed by atoms with van der Waals surface area (Å²) in [4.78, 5) is 22.3. The van der Waals surface area contributed by atoms with Gasteiger partial charge >= 0.3 is 54.1 Å². The zero-order valence-electron chi connectivity index (χ0n) is 11.2. The molecule has 0 heterocycles. The standard InChI is InChI=1S/C9H17NO8S.Ca.Zn.2H/c1-9(2,5-11)7(13)8(14)10-4-3-6(12)18-19(15,16)17;;;;/h7,11,13H,3-5H2,1-2H3,(H,10,14)(H,15,16,17);;;;/t7-;;;;/m0..../s1. The number of rotatable bonds is 7. The van der Waals surface area contributed by atoms with Crippen LogP contribution < -0.4 is 5.32 Å². The van der Waals surface area contributed by atoms with Crippen LogP contribution in [0.15, 0.2) is 0 Å². The van der Waals surface area contributed by atoms with Crippen molar-refractivity contribution >= 4 is 60.0 Å². The Morgan fingerprint density at radius 3 is 2.19 bits per heavy atom. The molecule has 0 rings (SSSR count). The molecule has 21 heavy (non-hydrogen) atoms. The van der Waals surface area contributed by atoms with Crippen LogP contribution in [-0.4, -0.2) is 92.1 Å². The number of aliphatic hydroxyl groups excluding tert-OH is 2. The predicted octanol–water partition coefficient (Wildman–Crippen LogP) is -2.70. The first-order valence-corrected chi connectivity index (χ1v) is 6.62. The molecule has 0 spiro atoms. The maximum atomic E-state index is 11.4. The van der Waals surface area contributed by atoms with Crippen LogP contribution in [0.3, 0.4) is 0 Å². The van der Waals surface area contributed by atoms with E-state index < -0.39 is 46.8 Å². The molecule has 0 aromatic rings. The van der Waals surface area contributed by atoms with E-state index in [0.29, 0.717) is 0 Å². The molecular formula is C9H19CaNO8SZn. The molecule has 0 saturated heterocycles. The fraction of sp³-hybridized carbons (Fsp3) is 0.778. The first kappa shape index (κ1) is 26.5. The van der Waals surface area contributed by atoms with Crippen molar-refractivity contribution in [1.82, 2.24) is 5.32 Å². The molecule has 4 N–H and O–H groups in total. The van der Waals surface area contributed by atoms with Crippen molar-refractivity contribution in [1.29, 1.82) is 0 Å². The van der Waals surface area contributed by atoms with E-state index in [1.54, 1.807) is 0 Å². The van der Waals surface area contributed by atoms with Gasteiger partial charge < -0.3 is 19.7 Å². The average Bonchev–Trinajstić information content (AvgIpc) is 2.25. The number of amides is 1. The Morgan fingerprint density at radius 2 is 1.81 bits per heavy atom. The minimum atomic E-state index is -4.86. The van der Waals surface area contributed by atoms with Crippen molar-refractivity contribution in [3.05, 3.63) is 0 Å². The molecule has 0 aromatic carbocycles. The Balaban J connectivity index is -0.00000162. The van der Waals surface area contributed by atoms with Gasteiger partial charge in [-0.25, -0.2) is 0 Å². The molecule has 1 amide bonds. The van der Waals surface area contributed by atoms with Crippen molar-refractivity contribution in [3.8, 4) is 0 Å². The zero-order valence-corrected chi connectivity index (χ0v) is 15.0. The third-order valence-corrected chi connectivity index (χ3v) is 2.62. The largest absolute Gasteiger partial charge is 0 e. The van der Waals surface area contributed by atoms with Crippen LogP contribution in [0.4, 0.5) is 0 Å². The predicted molar refractivity (Wildman–Crippen MR) is 70.7 cm³/mol. The van der Waals surface area contributed by atoms with E-state index in [1.807, 2.05) is 0 Å². The summed E-state index contributed by atoms with van der Waals surface area (Å²) in [5, 5.41) is 20.7. The van der Waals surface area contributed by atoms with Crippen LogP contribution in [0, 0.1) is 5.41 Å². The molecule has 0 aliphatic carbocycles. The van der Waals surface area contributed by atoms with Gasteiger partial charge in [-0.3, -0.25) is 14.1 Å². The Hall–Kier alpha value is 0.653. The Kier molecular flexibility index (Phi) is 14.2. The van der Waals surface area contributed by atoms with E-state index in [9.17, 15) is 23.1 Å². The van der Waals surface area contributed by atoms with Gasteiger partial charge in [0.25, 0.3) is 0 Å². The van der Waals surface area contributed by atoms with Crippen LogP contribution in [0.1, 0.15) is 20.3 Å². The molecule has 0 bridgehead atoms. The minimum Gasteiger partial charge on any atom is 0 e. The molecule has 0 radical (unpaired) electrons. The van der Waals surface area contributed by atoms with Crippen molar-refractivity contribution < 1.29 is 56.4 Å². The maximum absolute atomic E-state index is 11.4. The van der Waals surface area contributed by atoms with Crippen molar-refractivity contribution in [2.75, 3.05) is 13.2 Å². The first-order chi connectivity index (χ1) is 8.49. The first-order valence-electron chi connectivity index (χ1n) is 5.26. The molecule has 0 aliphatic rings. The van der Waals surface area contributed by atoms with E-state index in [1.165, 1.54) is 13.8 Å². The monoisotopic (exact) mass is 405 g/mol. The van der Waals surface area contributed by atoms with Gasteiger partial charge in [-0.2, -0.15) is 8.42 Å². The summed E-state index contributed by atoms with van der Waals surface area (Å²) < 4.78 is 32.2. The van der Waals surface area contributed by atoms with Crippen LogP contribution in [0.25, 0.3) is 0 Å². The van der Waals surface area contributed by atoms with Crippen LogP contribution in [0.2, 0.25) is 0 Å². The summed E-state index contributed by atoms with van der Waals surface area (Å²) in [5.41, 5.74) is -1.06. The van der Waals surface area contributed by atoms with Crippen LogP contribution in [0.5, 0.6) is 0 Å². The minimum absolute atomic E-state index is 0. The third-order valence-electron chi connectivity index (χ3n) is 2.22. The summed E-state index contributed by atoms with van der Waals surface area (Å²) in [5.74, 6) is -2.07. The number of aliphatic hydroxyl groups is 2. The molecule has 0 saturated carbocycles. The quantitative estimate of drug-likeness (QED) is 0.263. The van der Waals surface area contributed by atoms with Crippen LogP contribution >= 0.6 is 0 Å². The summed E-state index contributed by atoms with van der Waals surface area (Å²) >= 11 is 0. The second-order valence-electron chi connectivity index (χ2n) is 4.47. The van der Waals surface area contributed by atoms with Crippen molar-refractivity contribution in [2.24, 2.45) is 5.41 Å². The van der Waals surface area contributed by atoms with E-state index >= 15 is 0 Å². The normalized spacial score (nSPS) is 12.4. The summed E-state index contributed by atoms with van der Waals surface area (Å²) in [6.07, 6.45) is -1.99. The van der Waals surface area contributed by atoms with E-state index in [4.69, 9.17) is 9.66 Å². The molecule has 0 unspecified atom stereocenters. The van der Waals surface area contributed by atoms with Crippen molar-refractivity contribution in [3.63, 3.8) is 0 Å². The Morgan fingerprint density at radius 1 is 1.33 bits per heavy atom. The molecule has 118 valence electrons. The SMILES string of the molecule is CC(C)(CO)[C@@H](O)C(=O)NCCC(=O)OS(=O)(=O)O.[CaH2].[Zn]. The van der Waals surface area contributed by atoms with Gasteiger partial charge in [0, 0.05) is 31.4 Å². The number of hydrogen-bond acceptors (Lipinski definition) is 7. The molecule has 12 heteroatoms. The van der Waals surface area contributed by atoms with Gasteiger partial charge in [0.2, 0.25) is 5.91 Å². The van der Waals surface area contributed by atoms with Gasteiger partial charge in [-0.15, -0.1) is 0 Å². The zero-order chi connectivity index (χ0) is 15.3. The number of carbonyl (C=O) groups excluding carboxylic acids is 2.